The lowest BCUT2D eigenvalue weighted by Crippen LogP contribution is -2.46. The minimum atomic E-state index is -3.29. The molecule has 5 unspecified atom stereocenters. The van der Waals surface area contributed by atoms with E-state index in [1.165, 1.54) is 18.3 Å². The summed E-state index contributed by atoms with van der Waals surface area (Å²) in [6, 6.07) is -0.320. The van der Waals surface area contributed by atoms with Gasteiger partial charge in [0.1, 0.15) is 6.10 Å². The number of esters is 2. The van der Waals surface area contributed by atoms with Gasteiger partial charge in [0.25, 0.3) is 0 Å². The molecule has 0 saturated carbocycles. The van der Waals surface area contributed by atoms with Gasteiger partial charge in [-0.15, -0.1) is 11.8 Å². The van der Waals surface area contributed by atoms with Crippen molar-refractivity contribution < 1.29 is 27.5 Å². The summed E-state index contributed by atoms with van der Waals surface area (Å²) in [5.41, 5.74) is 0.202. The first-order chi connectivity index (χ1) is 10.2. The number of hydrogen-bond acceptors (Lipinski definition) is 7. The van der Waals surface area contributed by atoms with Crippen LogP contribution in [-0.4, -0.2) is 66.2 Å². The number of rotatable bonds is 4. The van der Waals surface area contributed by atoms with Crippen LogP contribution in [0.1, 0.15) is 13.3 Å². The summed E-state index contributed by atoms with van der Waals surface area (Å²) in [6.45, 7) is 4.42. The normalized spacial score (nSPS) is 38.0. The van der Waals surface area contributed by atoms with Crippen LogP contribution in [-0.2, 0) is 29.1 Å². The maximum atomic E-state index is 12.2. The molecule has 3 fully saturated rings. The molecule has 0 aromatic heterocycles. The number of sulfonamides is 1. The summed E-state index contributed by atoms with van der Waals surface area (Å²) < 4.78 is 35.9. The highest BCUT2D eigenvalue weighted by Crippen LogP contribution is 2.56. The molecule has 0 aliphatic carbocycles. The minimum Gasteiger partial charge on any atom is -0.457 e. The topological polar surface area (TPSA) is 90.0 Å². The van der Waals surface area contributed by atoms with Crippen LogP contribution in [0.3, 0.4) is 0 Å². The van der Waals surface area contributed by atoms with Gasteiger partial charge in [-0.2, -0.15) is 4.31 Å². The number of ether oxygens (including phenoxy) is 2. The molecule has 22 heavy (non-hydrogen) atoms. The summed E-state index contributed by atoms with van der Waals surface area (Å²) in [5.74, 6) is -1.32. The van der Waals surface area contributed by atoms with E-state index in [4.69, 9.17) is 9.47 Å². The fraction of sp³-hybridized carbons (Fsp3) is 0.692. The Bertz CT molecular complexity index is 645. The van der Waals surface area contributed by atoms with Crippen molar-refractivity contribution in [1.82, 2.24) is 4.31 Å². The van der Waals surface area contributed by atoms with E-state index in [0.717, 1.165) is 0 Å². The number of thioether (sulfide) groups is 1. The van der Waals surface area contributed by atoms with Gasteiger partial charge < -0.3 is 9.47 Å². The second-order valence-corrected chi connectivity index (χ2v) is 9.41. The van der Waals surface area contributed by atoms with Crippen LogP contribution in [0.4, 0.5) is 0 Å². The number of likely N-dealkylation sites (N-methyl/N-ethyl adjacent to an activating group) is 1. The van der Waals surface area contributed by atoms with E-state index >= 15 is 0 Å². The highest BCUT2D eigenvalue weighted by atomic mass is 32.2. The Labute approximate surface area is 133 Å². The van der Waals surface area contributed by atoms with E-state index in [1.807, 2.05) is 0 Å². The number of carbonyl (C=O) groups is 2. The molecule has 3 heterocycles. The third-order valence-corrected chi connectivity index (χ3v) is 8.54. The maximum absolute atomic E-state index is 12.2. The molecule has 3 aliphatic heterocycles. The van der Waals surface area contributed by atoms with Gasteiger partial charge in [0.15, 0.2) is 6.61 Å². The summed E-state index contributed by atoms with van der Waals surface area (Å²) in [7, 11) is -1.76. The van der Waals surface area contributed by atoms with Crippen LogP contribution in [0.2, 0.25) is 0 Å². The quantitative estimate of drug-likeness (QED) is 0.519. The zero-order chi connectivity index (χ0) is 16.2. The first kappa shape index (κ1) is 15.8. The van der Waals surface area contributed by atoms with Crippen molar-refractivity contribution in [3.8, 4) is 0 Å². The van der Waals surface area contributed by atoms with E-state index in [-0.39, 0.29) is 27.4 Å². The molecule has 3 saturated heterocycles. The lowest BCUT2D eigenvalue weighted by molar-refractivity contribution is -0.162. The Morgan fingerprint density at radius 3 is 2.73 bits per heavy atom. The molecule has 0 amide bonds. The second-order valence-electron chi connectivity index (χ2n) is 5.78. The molecule has 0 N–H and O–H groups in total. The standard InChI is InChI=1S/C13H17NO6S2/c1-6(2)13(16)19-5-9(15)20-11-7-4-8-12(21-7)10(11)14(3)22(8,17)18/h7-8,10-12H,1,4-5H2,2-3H3. The number of carbonyl (C=O) groups excluding carboxylic acids is 2. The molecule has 5 atom stereocenters. The van der Waals surface area contributed by atoms with Gasteiger partial charge in [0.05, 0.1) is 11.3 Å². The van der Waals surface area contributed by atoms with Crippen molar-refractivity contribution in [1.29, 1.82) is 0 Å². The van der Waals surface area contributed by atoms with Crippen LogP contribution < -0.4 is 0 Å². The molecule has 9 heteroatoms. The van der Waals surface area contributed by atoms with Crippen LogP contribution >= 0.6 is 11.8 Å². The summed E-state index contributed by atoms with van der Waals surface area (Å²) in [5, 5.41) is -0.426. The van der Waals surface area contributed by atoms with Gasteiger partial charge in [-0.25, -0.2) is 18.0 Å². The third kappa shape index (κ3) is 2.26. The van der Waals surface area contributed by atoms with E-state index in [1.54, 1.807) is 11.8 Å². The van der Waals surface area contributed by atoms with Crippen LogP contribution in [0.5, 0.6) is 0 Å². The lowest BCUT2D eigenvalue weighted by Gasteiger charge is -2.27. The predicted octanol–water partition coefficient (Wildman–Crippen LogP) is -0.0824. The van der Waals surface area contributed by atoms with Crippen molar-refractivity contribution in [3.05, 3.63) is 12.2 Å². The Hall–Kier alpha value is -1.06. The fourth-order valence-electron chi connectivity index (χ4n) is 3.29. The fourth-order valence-corrected chi connectivity index (χ4v) is 7.95. The van der Waals surface area contributed by atoms with Gasteiger partial charge in [-0.1, -0.05) is 6.58 Å². The van der Waals surface area contributed by atoms with Crippen molar-refractivity contribution in [2.45, 2.75) is 41.2 Å². The SMILES string of the molecule is C=C(C)C(=O)OCC(=O)OC1C2CC3C(S2)C1N(C)S3(=O)=O. The maximum Gasteiger partial charge on any atom is 0.344 e. The minimum absolute atomic E-state index is 0.0134. The molecule has 122 valence electrons. The van der Waals surface area contributed by atoms with Crippen LogP contribution in [0.25, 0.3) is 0 Å². The molecule has 7 nitrogen and oxygen atoms in total. The van der Waals surface area contributed by atoms with Gasteiger partial charge in [0, 0.05) is 23.1 Å². The molecule has 0 aromatic carbocycles. The number of hydrogen-bond donors (Lipinski definition) is 0. The Morgan fingerprint density at radius 2 is 2.09 bits per heavy atom. The Kier molecular flexibility index (Phi) is 3.77. The number of fused-ring (bicyclic) bond motifs is 1. The van der Waals surface area contributed by atoms with Crippen molar-refractivity contribution >= 4 is 33.7 Å². The Balaban J connectivity index is 1.64. The zero-order valence-corrected chi connectivity index (χ0v) is 13.9. The van der Waals surface area contributed by atoms with Crippen LogP contribution in [0, 0.1) is 0 Å². The van der Waals surface area contributed by atoms with E-state index < -0.39 is 34.7 Å². The van der Waals surface area contributed by atoms with Crippen LogP contribution in [0.15, 0.2) is 12.2 Å². The molecule has 0 radical (unpaired) electrons. The molecule has 0 spiro atoms. The average Bonchev–Trinajstić information content (AvgIpc) is 3.05. The molecular weight excluding hydrogens is 330 g/mol. The Morgan fingerprint density at radius 1 is 1.41 bits per heavy atom. The van der Waals surface area contributed by atoms with E-state index in [2.05, 4.69) is 6.58 Å². The monoisotopic (exact) mass is 347 g/mol. The molecule has 2 bridgehead atoms. The van der Waals surface area contributed by atoms with Gasteiger partial charge in [-0.3, -0.25) is 0 Å². The zero-order valence-electron chi connectivity index (χ0n) is 12.2. The third-order valence-electron chi connectivity index (χ3n) is 4.34. The highest BCUT2D eigenvalue weighted by Gasteiger charge is 2.67. The summed E-state index contributed by atoms with van der Waals surface area (Å²) in [4.78, 5) is 23.1. The van der Waals surface area contributed by atoms with Crippen molar-refractivity contribution in [3.63, 3.8) is 0 Å². The van der Waals surface area contributed by atoms with Gasteiger partial charge in [-0.05, 0) is 13.3 Å². The summed E-state index contributed by atoms with van der Waals surface area (Å²) in [6.07, 6.45) is 0.0201. The molecular formula is C13H17NO6S2. The largest absolute Gasteiger partial charge is 0.457 e. The molecule has 0 aromatic rings. The van der Waals surface area contributed by atoms with E-state index in [9.17, 15) is 18.0 Å². The average molecular weight is 347 g/mol. The van der Waals surface area contributed by atoms with Crippen molar-refractivity contribution in [2.24, 2.45) is 0 Å². The highest BCUT2D eigenvalue weighted by molar-refractivity contribution is 8.03. The van der Waals surface area contributed by atoms with Gasteiger partial charge >= 0.3 is 11.9 Å². The molecule has 3 rings (SSSR count). The first-order valence-electron chi connectivity index (χ1n) is 6.88. The smallest absolute Gasteiger partial charge is 0.344 e. The van der Waals surface area contributed by atoms with Gasteiger partial charge in [0.2, 0.25) is 10.0 Å². The summed E-state index contributed by atoms with van der Waals surface area (Å²) >= 11 is 1.58. The van der Waals surface area contributed by atoms with Crippen molar-refractivity contribution in [2.75, 3.05) is 13.7 Å². The predicted molar refractivity (Wildman–Crippen MR) is 79.7 cm³/mol. The lowest BCUT2D eigenvalue weighted by atomic mass is 9.92. The second kappa shape index (κ2) is 5.24. The van der Waals surface area contributed by atoms with E-state index in [0.29, 0.717) is 6.42 Å². The first-order valence-corrected chi connectivity index (χ1v) is 9.32. The molecule has 3 aliphatic rings. The number of nitrogens with zero attached hydrogens (tertiary/aromatic N) is 1.